The molecule has 2 atom stereocenters. The minimum Gasteiger partial charge on any atom is -0.466 e. The van der Waals surface area contributed by atoms with Gasteiger partial charge in [-0.2, -0.15) is 5.10 Å². The lowest BCUT2D eigenvalue weighted by Gasteiger charge is -2.27. The van der Waals surface area contributed by atoms with Crippen LogP contribution >= 0.6 is 0 Å². The Morgan fingerprint density at radius 1 is 1.16 bits per heavy atom. The number of amides is 3. The van der Waals surface area contributed by atoms with Gasteiger partial charge in [0, 0.05) is 19.3 Å². The number of rotatable bonds is 12. The van der Waals surface area contributed by atoms with E-state index >= 15 is 0 Å². The van der Waals surface area contributed by atoms with Gasteiger partial charge in [-0.05, 0) is 32.6 Å². The maximum atomic E-state index is 12.2. The predicted octanol–water partition coefficient (Wildman–Crippen LogP) is 3.31. The molecule has 0 radical (unpaired) electrons. The molecule has 31 heavy (non-hydrogen) atoms. The Balaban J connectivity index is 1.86. The highest BCUT2D eigenvalue weighted by Gasteiger charge is 2.38. The highest BCUT2D eigenvalue weighted by atomic mass is 16.5. The van der Waals surface area contributed by atoms with Crippen molar-refractivity contribution in [3.63, 3.8) is 0 Å². The highest BCUT2D eigenvalue weighted by molar-refractivity contribution is 6.04. The first kappa shape index (κ1) is 24.8. The molecular weight excluding hydrogens is 402 g/mol. The summed E-state index contributed by atoms with van der Waals surface area (Å²) in [5.41, 5.74) is 0. The molecule has 2 aliphatic rings. The Kier molecular flexibility index (Phi) is 10.5. The summed E-state index contributed by atoms with van der Waals surface area (Å²) in [7, 11) is 0. The van der Waals surface area contributed by atoms with Gasteiger partial charge in [0.1, 0.15) is 12.1 Å². The van der Waals surface area contributed by atoms with Crippen molar-refractivity contribution < 1.29 is 28.7 Å². The maximum Gasteiger partial charge on any atom is 0.345 e. The molecule has 1 N–H and O–H groups in total. The number of urea groups is 1. The molecule has 1 aliphatic heterocycles. The van der Waals surface area contributed by atoms with Crippen molar-refractivity contribution in [1.29, 1.82) is 0 Å². The summed E-state index contributed by atoms with van der Waals surface area (Å²) in [4.78, 5) is 47.3. The molecule has 2 rings (SSSR count). The van der Waals surface area contributed by atoms with E-state index < -0.39 is 18.2 Å². The zero-order chi connectivity index (χ0) is 22.6. The second kappa shape index (κ2) is 13.1. The molecule has 1 heterocycles. The quantitative estimate of drug-likeness (QED) is 0.217. The topological polar surface area (TPSA) is 114 Å². The van der Waals surface area contributed by atoms with E-state index in [1.54, 1.807) is 6.92 Å². The second-order valence-corrected chi connectivity index (χ2v) is 8.15. The van der Waals surface area contributed by atoms with Crippen LogP contribution in [0, 0.1) is 5.92 Å². The van der Waals surface area contributed by atoms with Crippen LogP contribution in [0.15, 0.2) is 5.10 Å². The van der Waals surface area contributed by atoms with Crippen molar-refractivity contribution in [3.8, 4) is 0 Å². The molecular formula is C22H35N3O6. The number of unbranched alkanes of at least 4 members (excludes halogenated alkanes) is 3. The van der Waals surface area contributed by atoms with E-state index in [-0.39, 0.29) is 23.8 Å². The number of carbonyl (C=O) groups excluding carboxylic acids is 4. The van der Waals surface area contributed by atoms with Gasteiger partial charge in [0.05, 0.1) is 12.8 Å². The van der Waals surface area contributed by atoms with Gasteiger partial charge in [0.25, 0.3) is 5.91 Å². The third-order valence-corrected chi connectivity index (χ3v) is 5.70. The van der Waals surface area contributed by atoms with Gasteiger partial charge >= 0.3 is 18.0 Å². The van der Waals surface area contributed by atoms with Crippen molar-refractivity contribution >= 4 is 30.1 Å². The molecule has 0 bridgehead atoms. The second-order valence-electron chi connectivity index (χ2n) is 8.15. The van der Waals surface area contributed by atoms with Crippen LogP contribution in [0.1, 0.15) is 84.5 Å². The fraction of sp³-hybridized carbons (Fsp3) is 0.773. The van der Waals surface area contributed by atoms with E-state index in [0.717, 1.165) is 51.4 Å². The number of hydrogen-bond donors (Lipinski definition) is 1. The summed E-state index contributed by atoms with van der Waals surface area (Å²) in [6.07, 6.45) is 10.3. The molecule has 174 valence electrons. The summed E-state index contributed by atoms with van der Waals surface area (Å²) >= 11 is 0. The van der Waals surface area contributed by atoms with E-state index in [4.69, 9.17) is 9.47 Å². The van der Waals surface area contributed by atoms with Gasteiger partial charge in [-0.25, -0.2) is 9.80 Å². The lowest BCUT2D eigenvalue weighted by molar-refractivity contribution is -0.145. The minimum absolute atomic E-state index is 0.181. The summed E-state index contributed by atoms with van der Waals surface area (Å²) in [6.45, 7) is 3.53. The van der Waals surface area contributed by atoms with E-state index in [0.29, 0.717) is 19.4 Å². The molecule has 0 aromatic carbocycles. The number of hydrazone groups is 1. The summed E-state index contributed by atoms with van der Waals surface area (Å²) < 4.78 is 10.3. The molecule has 0 spiro atoms. The molecule has 1 saturated carbocycles. The van der Waals surface area contributed by atoms with E-state index in [9.17, 15) is 19.2 Å². The van der Waals surface area contributed by atoms with Crippen LogP contribution in [0.25, 0.3) is 0 Å². The first-order valence-electron chi connectivity index (χ1n) is 11.4. The van der Waals surface area contributed by atoms with Crippen molar-refractivity contribution in [2.45, 2.75) is 96.6 Å². The van der Waals surface area contributed by atoms with Crippen molar-refractivity contribution in [2.24, 2.45) is 11.0 Å². The van der Waals surface area contributed by atoms with Crippen LogP contribution in [0.4, 0.5) is 4.79 Å². The summed E-state index contributed by atoms with van der Waals surface area (Å²) in [5, 5.41) is 7.73. The van der Waals surface area contributed by atoms with E-state index in [2.05, 4.69) is 10.4 Å². The number of esters is 2. The summed E-state index contributed by atoms with van der Waals surface area (Å²) in [5.74, 6) is -0.761. The van der Waals surface area contributed by atoms with Gasteiger partial charge in [-0.15, -0.1) is 0 Å². The van der Waals surface area contributed by atoms with E-state index in [1.165, 1.54) is 24.6 Å². The van der Waals surface area contributed by atoms with Gasteiger partial charge in [-0.3, -0.25) is 19.7 Å². The largest absolute Gasteiger partial charge is 0.466 e. The lowest BCUT2D eigenvalue weighted by atomic mass is 9.85. The average Bonchev–Trinajstić information content (AvgIpc) is 3.00. The van der Waals surface area contributed by atoms with E-state index in [1.807, 2.05) is 0 Å². The predicted molar refractivity (Wildman–Crippen MR) is 114 cm³/mol. The first-order valence-corrected chi connectivity index (χ1v) is 11.4. The fourth-order valence-corrected chi connectivity index (χ4v) is 4.12. The minimum atomic E-state index is -0.668. The van der Waals surface area contributed by atoms with Gasteiger partial charge in [-0.1, -0.05) is 38.5 Å². The Morgan fingerprint density at radius 2 is 1.87 bits per heavy atom. The van der Waals surface area contributed by atoms with Gasteiger partial charge in [0.2, 0.25) is 0 Å². The summed E-state index contributed by atoms with van der Waals surface area (Å²) in [6, 6.07) is -1.23. The maximum absolute atomic E-state index is 12.2. The van der Waals surface area contributed by atoms with Crippen LogP contribution < -0.4 is 5.32 Å². The highest BCUT2D eigenvalue weighted by Crippen LogP contribution is 2.28. The van der Waals surface area contributed by atoms with Crippen LogP contribution in [0.3, 0.4) is 0 Å². The molecule has 9 heteroatoms. The molecule has 1 saturated heterocycles. The Labute approximate surface area is 183 Å². The Morgan fingerprint density at radius 3 is 2.55 bits per heavy atom. The smallest absolute Gasteiger partial charge is 0.345 e. The molecule has 2 fully saturated rings. The number of nitrogens with zero attached hydrogens (tertiary/aromatic N) is 2. The Bertz CT molecular complexity index is 660. The normalized spacial score (nSPS) is 20.7. The number of ether oxygens (including phenoxy) is 2. The zero-order valence-electron chi connectivity index (χ0n) is 18.6. The zero-order valence-corrected chi connectivity index (χ0v) is 18.6. The standard InChI is InChI=1S/C22H35N3O6/c1-3-30-20(27)14-10-5-4-9-13-18-21(28)24-22(29)25(18)23-15-19(31-16(2)26)17-11-7-6-8-12-17/h15,17-19H,3-14H2,1-2H3,(H,24,28,29)/b23-15+. The average molecular weight is 438 g/mol. The van der Waals surface area contributed by atoms with Crippen molar-refractivity contribution in [1.82, 2.24) is 10.3 Å². The first-order chi connectivity index (χ1) is 14.9. The molecule has 9 nitrogen and oxygen atoms in total. The number of imide groups is 1. The fourth-order valence-electron chi connectivity index (χ4n) is 4.12. The van der Waals surface area contributed by atoms with Crippen LogP contribution in [-0.2, 0) is 23.9 Å². The van der Waals surface area contributed by atoms with Crippen LogP contribution in [0.5, 0.6) is 0 Å². The SMILES string of the molecule is CCOC(=O)CCCCCCC1C(=O)NC(=O)N1/N=C/C(OC(C)=O)C1CCCCC1. The molecule has 0 aromatic heterocycles. The van der Waals surface area contributed by atoms with Crippen molar-refractivity contribution in [3.05, 3.63) is 0 Å². The number of hydrogen-bond acceptors (Lipinski definition) is 7. The number of carbonyl (C=O) groups is 4. The van der Waals surface area contributed by atoms with Crippen LogP contribution in [0.2, 0.25) is 0 Å². The third-order valence-electron chi connectivity index (χ3n) is 5.70. The van der Waals surface area contributed by atoms with Gasteiger partial charge in [0.15, 0.2) is 0 Å². The van der Waals surface area contributed by atoms with Gasteiger partial charge < -0.3 is 9.47 Å². The third kappa shape index (κ3) is 8.30. The Hall–Kier alpha value is -2.45. The molecule has 2 unspecified atom stereocenters. The molecule has 1 aliphatic carbocycles. The number of nitrogens with one attached hydrogen (secondary N) is 1. The van der Waals surface area contributed by atoms with Crippen LogP contribution in [-0.4, -0.2) is 53.9 Å². The van der Waals surface area contributed by atoms with Crippen molar-refractivity contribution in [2.75, 3.05) is 6.61 Å². The molecule has 3 amide bonds. The molecule has 0 aromatic rings. The lowest BCUT2D eigenvalue weighted by Crippen LogP contribution is -2.34. The monoisotopic (exact) mass is 437 g/mol.